The summed E-state index contributed by atoms with van der Waals surface area (Å²) in [7, 11) is 0. The Morgan fingerprint density at radius 1 is 1.46 bits per heavy atom. The first-order valence-corrected chi connectivity index (χ1v) is 4.57. The number of hydrogen-bond donors (Lipinski definition) is 1. The summed E-state index contributed by atoms with van der Waals surface area (Å²) >= 11 is 0. The highest BCUT2D eigenvalue weighted by Crippen LogP contribution is 2.25. The molecule has 0 amide bonds. The van der Waals surface area contributed by atoms with Crippen molar-refractivity contribution in [1.82, 2.24) is 0 Å². The lowest BCUT2D eigenvalue weighted by molar-refractivity contribution is 0.134. The molecule has 0 bridgehead atoms. The molecule has 74 valence electrons. The molecular weight excluding hydrogens is 171 g/mol. The first-order chi connectivity index (χ1) is 6.15. The molecule has 1 rings (SSSR count). The van der Waals surface area contributed by atoms with Crippen molar-refractivity contribution >= 4 is 0 Å². The van der Waals surface area contributed by atoms with Crippen LogP contribution in [0.4, 0.5) is 4.39 Å². The highest BCUT2D eigenvalue weighted by Gasteiger charge is 2.13. The zero-order chi connectivity index (χ0) is 9.84. The van der Waals surface area contributed by atoms with Crippen molar-refractivity contribution in [3.8, 4) is 0 Å². The lowest BCUT2D eigenvalue weighted by Gasteiger charge is -2.04. The maximum Gasteiger partial charge on any atom is 0.155 e. The van der Waals surface area contributed by atoms with Gasteiger partial charge in [-0.2, -0.15) is 0 Å². The number of furan rings is 1. The lowest BCUT2D eigenvalue weighted by Crippen LogP contribution is -1.93. The summed E-state index contributed by atoms with van der Waals surface area (Å²) in [5.74, 6) is 0.742. The molecule has 1 heterocycles. The summed E-state index contributed by atoms with van der Waals surface area (Å²) in [6, 6.07) is 3.20. The minimum Gasteiger partial charge on any atom is -0.460 e. The summed E-state index contributed by atoms with van der Waals surface area (Å²) in [6.45, 7) is 3.39. The molecule has 0 aliphatic rings. The van der Waals surface area contributed by atoms with Crippen LogP contribution < -0.4 is 0 Å². The molecule has 0 spiro atoms. The highest BCUT2D eigenvalue weighted by molar-refractivity contribution is 5.10. The quantitative estimate of drug-likeness (QED) is 0.783. The predicted octanol–water partition coefficient (Wildman–Crippen LogP) is 3.14. The normalized spacial score (nSPS) is 15.7. The molecule has 0 saturated carbocycles. The van der Waals surface area contributed by atoms with Gasteiger partial charge in [0.1, 0.15) is 17.6 Å². The summed E-state index contributed by atoms with van der Waals surface area (Å²) in [4.78, 5) is 0. The second kappa shape index (κ2) is 4.42. The Balaban J connectivity index is 2.67. The first-order valence-electron chi connectivity index (χ1n) is 4.57. The van der Waals surface area contributed by atoms with Gasteiger partial charge in [0, 0.05) is 0 Å². The first kappa shape index (κ1) is 10.3. The number of aliphatic hydroxyl groups excluding tert-OH is 1. The molecule has 0 saturated heterocycles. The number of hydrogen-bond acceptors (Lipinski definition) is 2. The topological polar surface area (TPSA) is 33.4 Å². The van der Waals surface area contributed by atoms with Gasteiger partial charge in [-0.05, 0) is 25.5 Å². The van der Waals surface area contributed by atoms with Crippen molar-refractivity contribution in [2.24, 2.45) is 0 Å². The fourth-order valence-corrected chi connectivity index (χ4v) is 1.18. The summed E-state index contributed by atoms with van der Waals surface area (Å²) in [5, 5.41) is 9.50. The SMILES string of the molecule is CCCC(O)c1ccc(C(C)F)o1. The number of rotatable bonds is 4. The summed E-state index contributed by atoms with van der Waals surface area (Å²) < 4.78 is 17.9. The van der Waals surface area contributed by atoms with E-state index in [-0.39, 0.29) is 5.76 Å². The van der Waals surface area contributed by atoms with Crippen molar-refractivity contribution in [3.63, 3.8) is 0 Å². The molecule has 2 unspecified atom stereocenters. The third kappa shape index (κ3) is 2.56. The molecule has 0 aliphatic heterocycles. The minimum atomic E-state index is -1.11. The van der Waals surface area contributed by atoms with Crippen LogP contribution in [0, 0.1) is 0 Å². The van der Waals surface area contributed by atoms with Crippen LogP contribution in [0.25, 0.3) is 0 Å². The number of alkyl halides is 1. The molecule has 1 N–H and O–H groups in total. The predicted molar refractivity (Wildman–Crippen MR) is 48.1 cm³/mol. The molecule has 2 atom stereocenters. The van der Waals surface area contributed by atoms with Gasteiger partial charge in [-0.1, -0.05) is 13.3 Å². The molecule has 1 aromatic heterocycles. The van der Waals surface area contributed by atoms with Gasteiger partial charge in [-0.15, -0.1) is 0 Å². The zero-order valence-electron chi connectivity index (χ0n) is 7.96. The van der Waals surface area contributed by atoms with E-state index >= 15 is 0 Å². The molecule has 0 radical (unpaired) electrons. The van der Waals surface area contributed by atoms with E-state index in [0.29, 0.717) is 12.2 Å². The van der Waals surface area contributed by atoms with E-state index in [4.69, 9.17) is 4.42 Å². The Morgan fingerprint density at radius 3 is 2.54 bits per heavy atom. The van der Waals surface area contributed by atoms with E-state index in [1.54, 1.807) is 12.1 Å². The van der Waals surface area contributed by atoms with Crippen molar-refractivity contribution in [2.75, 3.05) is 0 Å². The van der Waals surface area contributed by atoms with Crippen LogP contribution in [0.3, 0.4) is 0 Å². The van der Waals surface area contributed by atoms with Gasteiger partial charge in [-0.3, -0.25) is 0 Å². The second-order valence-electron chi connectivity index (χ2n) is 3.16. The van der Waals surface area contributed by atoms with Crippen LogP contribution in [0.5, 0.6) is 0 Å². The summed E-state index contributed by atoms with van der Waals surface area (Å²) in [5.41, 5.74) is 0. The van der Waals surface area contributed by atoms with E-state index in [2.05, 4.69) is 0 Å². The summed E-state index contributed by atoms with van der Waals surface area (Å²) in [6.07, 6.45) is -0.184. The van der Waals surface area contributed by atoms with Crippen LogP contribution in [0.1, 0.15) is 50.5 Å². The van der Waals surface area contributed by atoms with Gasteiger partial charge in [-0.25, -0.2) is 4.39 Å². The van der Waals surface area contributed by atoms with E-state index in [9.17, 15) is 9.50 Å². The maximum atomic E-state index is 12.7. The zero-order valence-corrected chi connectivity index (χ0v) is 7.96. The van der Waals surface area contributed by atoms with Gasteiger partial charge >= 0.3 is 0 Å². The third-order valence-electron chi connectivity index (χ3n) is 1.93. The van der Waals surface area contributed by atoms with Crippen LogP contribution in [-0.4, -0.2) is 5.11 Å². The smallest absolute Gasteiger partial charge is 0.155 e. The third-order valence-corrected chi connectivity index (χ3v) is 1.93. The Labute approximate surface area is 77.4 Å². The largest absolute Gasteiger partial charge is 0.460 e. The fraction of sp³-hybridized carbons (Fsp3) is 0.600. The molecule has 0 aliphatic carbocycles. The number of halogens is 1. The van der Waals surface area contributed by atoms with E-state index in [0.717, 1.165) is 6.42 Å². The standard InChI is InChI=1S/C10H15FO2/c1-3-4-8(12)10-6-5-9(13-10)7(2)11/h5-8,12H,3-4H2,1-2H3. The van der Waals surface area contributed by atoms with E-state index in [1.807, 2.05) is 6.92 Å². The van der Waals surface area contributed by atoms with Crippen LogP contribution >= 0.6 is 0 Å². The van der Waals surface area contributed by atoms with Gasteiger partial charge in [0.2, 0.25) is 0 Å². The van der Waals surface area contributed by atoms with Crippen LogP contribution in [0.15, 0.2) is 16.5 Å². The minimum absolute atomic E-state index is 0.283. The molecule has 0 aromatic carbocycles. The van der Waals surface area contributed by atoms with Crippen molar-refractivity contribution in [2.45, 2.75) is 39.0 Å². The molecular formula is C10H15FO2. The average Bonchev–Trinajstić information content (AvgIpc) is 2.52. The van der Waals surface area contributed by atoms with Gasteiger partial charge in [0.05, 0.1) is 0 Å². The van der Waals surface area contributed by atoms with Gasteiger partial charge < -0.3 is 9.52 Å². The van der Waals surface area contributed by atoms with Gasteiger partial charge in [0.25, 0.3) is 0 Å². The van der Waals surface area contributed by atoms with E-state index < -0.39 is 12.3 Å². The van der Waals surface area contributed by atoms with E-state index in [1.165, 1.54) is 6.92 Å². The molecule has 0 fully saturated rings. The number of aliphatic hydroxyl groups is 1. The Hall–Kier alpha value is -0.830. The van der Waals surface area contributed by atoms with Crippen LogP contribution in [-0.2, 0) is 0 Å². The monoisotopic (exact) mass is 186 g/mol. The fourth-order valence-electron chi connectivity index (χ4n) is 1.18. The Kier molecular flexibility index (Phi) is 3.48. The van der Waals surface area contributed by atoms with Crippen molar-refractivity contribution in [3.05, 3.63) is 23.7 Å². The molecule has 2 nitrogen and oxygen atoms in total. The molecule has 13 heavy (non-hydrogen) atoms. The molecule has 3 heteroatoms. The average molecular weight is 186 g/mol. The molecule has 1 aromatic rings. The van der Waals surface area contributed by atoms with Crippen LogP contribution in [0.2, 0.25) is 0 Å². The lowest BCUT2D eigenvalue weighted by atomic mass is 10.2. The van der Waals surface area contributed by atoms with Crippen molar-refractivity contribution < 1.29 is 13.9 Å². The van der Waals surface area contributed by atoms with Crippen molar-refractivity contribution in [1.29, 1.82) is 0 Å². The second-order valence-corrected chi connectivity index (χ2v) is 3.16. The Morgan fingerprint density at radius 2 is 2.08 bits per heavy atom. The highest BCUT2D eigenvalue weighted by atomic mass is 19.1. The maximum absolute atomic E-state index is 12.7. The Bertz CT molecular complexity index is 255. The van der Waals surface area contributed by atoms with Gasteiger partial charge in [0.15, 0.2) is 6.17 Å².